The maximum Gasteiger partial charge on any atom is 0.326 e. The van der Waals surface area contributed by atoms with E-state index in [2.05, 4.69) is 10.3 Å². The summed E-state index contributed by atoms with van der Waals surface area (Å²) >= 11 is 0. The summed E-state index contributed by atoms with van der Waals surface area (Å²) in [6.07, 6.45) is 1.23. The molecule has 9 heteroatoms. The molecule has 29 heavy (non-hydrogen) atoms. The summed E-state index contributed by atoms with van der Waals surface area (Å²) < 4.78 is 32.7. The molecule has 1 N–H and O–H groups in total. The second-order valence-electron chi connectivity index (χ2n) is 6.31. The Labute approximate surface area is 163 Å². The van der Waals surface area contributed by atoms with Gasteiger partial charge in [0.2, 0.25) is 0 Å². The molecule has 2 aromatic carbocycles. The van der Waals surface area contributed by atoms with Crippen LogP contribution in [0.1, 0.15) is 18.5 Å². The summed E-state index contributed by atoms with van der Waals surface area (Å²) in [5, 5.41) is 2.81. The number of aromatic nitrogens is 2. The Kier molecular flexibility index (Phi) is 5.96. The molecule has 0 bridgehead atoms. The molecule has 0 aliphatic heterocycles. The first-order valence-corrected chi connectivity index (χ1v) is 8.69. The van der Waals surface area contributed by atoms with Gasteiger partial charge in [0.25, 0.3) is 11.5 Å². The van der Waals surface area contributed by atoms with Gasteiger partial charge in [-0.05, 0) is 25.1 Å². The van der Waals surface area contributed by atoms with Crippen LogP contribution < -0.4 is 10.9 Å². The van der Waals surface area contributed by atoms with Crippen LogP contribution in [0.2, 0.25) is 0 Å². The van der Waals surface area contributed by atoms with Crippen molar-refractivity contribution >= 4 is 22.8 Å². The molecule has 1 aromatic heterocycles. The Morgan fingerprint density at radius 1 is 1.21 bits per heavy atom. The molecule has 0 aliphatic carbocycles. The third kappa shape index (κ3) is 4.81. The Hall–Kier alpha value is -3.62. The molecule has 3 aromatic rings. The Balaban J connectivity index is 1.56. The van der Waals surface area contributed by atoms with E-state index in [9.17, 15) is 23.2 Å². The number of amides is 1. The molecule has 1 heterocycles. The number of esters is 1. The highest BCUT2D eigenvalue weighted by Crippen LogP contribution is 2.17. The van der Waals surface area contributed by atoms with Crippen LogP contribution in [0, 0.1) is 11.6 Å². The van der Waals surface area contributed by atoms with Gasteiger partial charge < -0.3 is 10.1 Å². The first kappa shape index (κ1) is 20.1. The van der Waals surface area contributed by atoms with Gasteiger partial charge in [0, 0.05) is 11.6 Å². The van der Waals surface area contributed by atoms with Crippen molar-refractivity contribution in [1.82, 2.24) is 14.9 Å². The van der Waals surface area contributed by atoms with Crippen LogP contribution in [0.4, 0.5) is 8.78 Å². The quantitative estimate of drug-likeness (QED) is 0.639. The van der Waals surface area contributed by atoms with E-state index in [1.165, 1.54) is 19.3 Å². The van der Waals surface area contributed by atoms with Crippen molar-refractivity contribution in [3.63, 3.8) is 0 Å². The lowest BCUT2D eigenvalue weighted by molar-refractivity contribution is -0.149. The van der Waals surface area contributed by atoms with E-state index in [4.69, 9.17) is 4.74 Å². The zero-order valence-electron chi connectivity index (χ0n) is 15.4. The van der Waals surface area contributed by atoms with Gasteiger partial charge in [-0.25, -0.2) is 13.8 Å². The highest BCUT2D eigenvalue weighted by molar-refractivity contribution is 5.81. The molecule has 7 nitrogen and oxygen atoms in total. The molecule has 0 fully saturated rings. The van der Waals surface area contributed by atoms with Crippen molar-refractivity contribution in [3.8, 4) is 0 Å². The fourth-order valence-corrected chi connectivity index (χ4v) is 2.76. The average Bonchev–Trinajstić information content (AvgIpc) is 2.68. The van der Waals surface area contributed by atoms with Crippen LogP contribution in [0.15, 0.2) is 53.6 Å². The predicted molar refractivity (Wildman–Crippen MR) is 99.9 cm³/mol. The summed E-state index contributed by atoms with van der Waals surface area (Å²) in [5.41, 5.74) is 0.195. The van der Waals surface area contributed by atoms with Gasteiger partial charge in [-0.3, -0.25) is 19.0 Å². The summed E-state index contributed by atoms with van der Waals surface area (Å²) in [6, 6.07) is 8.96. The van der Waals surface area contributed by atoms with Crippen LogP contribution in [-0.2, 0) is 20.9 Å². The Bertz CT molecular complexity index is 1130. The van der Waals surface area contributed by atoms with Gasteiger partial charge in [-0.2, -0.15) is 0 Å². The van der Waals surface area contributed by atoms with E-state index in [0.717, 1.165) is 10.6 Å². The van der Waals surface area contributed by atoms with Crippen LogP contribution in [0.3, 0.4) is 0 Å². The first-order chi connectivity index (χ1) is 13.8. The zero-order chi connectivity index (χ0) is 21.0. The molecule has 0 aliphatic rings. The molecule has 0 radical (unpaired) electrons. The van der Waals surface area contributed by atoms with Gasteiger partial charge in [-0.15, -0.1) is 0 Å². The normalized spacial score (nSPS) is 11.8. The van der Waals surface area contributed by atoms with E-state index >= 15 is 0 Å². The standard InChI is InChI=1S/C20H17F2N3O4/c1-12(14-7-6-13(21)8-16(14)22)24-18(26)10-29-19(27)9-25-11-23-17-5-3-2-4-15(17)20(25)28/h2-8,11-12H,9-10H2,1H3,(H,24,26)/t12-/m0/s1. The number of fused-ring (bicyclic) bond motifs is 1. The van der Waals surface area contributed by atoms with Crippen molar-refractivity contribution in [2.24, 2.45) is 0 Å². The van der Waals surface area contributed by atoms with E-state index in [-0.39, 0.29) is 5.56 Å². The van der Waals surface area contributed by atoms with Crippen molar-refractivity contribution in [1.29, 1.82) is 0 Å². The number of carbonyl (C=O) groups is 2. The van der Waals surface area contributed by atoms with Gasteiger partial charge in [0.05, 0.1) is 23.3 Å². The van der Waals surface area contributed by atoms with Crippen LogP contribution in [0.25, 0.3) is 10.9 Å². The molecule has 1 amide bonds. The maximum atomic E-state index is 13.7. The lowest BCUT2D eigenvalue weighted by Gasteiger charge is -2.15. The van der Waals surface area contributed by atoms with E-state index in [0.29, 0.717) is 17.0 Å². The molecular weight excluding hydrogens is 384 g/mol. The second-order valence-corrected chi connectivity index (χ2v) is 6.31. The highest BCUT2D eigenvalue weighted by Gasteiger charge is 2.16. The second kappa shape index (κ2) is 8.59. The number of nitrogens with zero attached hydrogens (tertiary/aromatic N) is 2. The van der Waals surface area contributed by atoms with Gasteiger partial charge in [0.1, 0.15) is 18.2 Å². The van der Waals surface area contributed by atoms with Crippen LogP contribution in [0.5, 0.6) is 0 Å². The summed E-state index contributed by atoms with van der Waals surface area (Å²) in [6.45, 7) is 0.490. The van der Waals surface area contributed by atoms with E-state index in [1.54, 1.807) is 24.3 Å². The fraction of sp³-hybridized carbons (Fsp3) is 0.200. The largest absolute Gasteiger partial charge is 0.454 e. The van der Waals surface area contributed by atoms with Gasteiger partial charge in [0.15, 0.2) is 6.61 Å². The number of para-hydroxylation sites is 1. The van der Waals surface area contributed by atoms with Gasteiger partial charge in [-0.1, -0.05) is 18.2 Å². The lowest BCUT2D eigenvalue weighted by atomic mass is 10.1. The predicted octanol–water partition coefficient (Wildman–Crippen LogP) is 2.10. The average molecular weight is 401 g/mol. The minimum absolute atomic E-state index is 0.0971. The molecule has 0 unspecified atom stereocenters. The highest BCUT2D eigenvalue weighted by atomic mass is 19.1. The van der Waals surface area contributed by atoms with Crippen molar-refractivity contribution in [3.05, 3.63) is 76.3 Å². The Morgan fingerprint density at radius 2 is 1.97 bits per heavy atom. The fourth-order valence-electron chi connectivity index (χ4n) is 2.76. The number of hydrogen-bond acceptors (Lipinski definition) is 5. The molecule has 0 saturated carbocycles. The number of ether oxygens (including phenoxy) is 1. The minimum atomic E-state index is -0.806. The van der Waals surface area contributed by atoms with Crippen LogP contribution >= 0.6 is 0 Å². The number of carbonyl (C=O) groups excluding carboxylic acids is 2. The number of rotatable bonds is 6. The SMILES string of the molecule is C[C@H](NC(=O)COC(=O)Cn1cnc2ccccc2c1=O)c1ccc(F)cc1F. The number of nitrogens with one attached hydrogen (secondary N) is 1. The summed E-state index contributed by atoms with van der Waals surface area (Å²) in [7, 11) is 0. The summed E-state index contributed by atoms with van der Waals surface area (Å²) in [5.74, 6) is -2.99. The Morgan fingerprint density at radius 3 is 2.72 bits per heavy atom. The molecule has 150 valence electrons. The first-order valence-electron chi connectivity index (χ1n) is 8.69. The molecule has 3 rings (SSSR count). The molecule has 0 saturated heterocycles. The van der Waals surface area contributed by atoms with E-state index < -0.39 is 48.3 Å². The van der Waals surface area contributed by atoms with Gasteiger partial charge >= 0.3 is 5.97 Å². The third-order valence-corrected chi connectivity index (χ3v) is 4.20. The van der Waals surface area contributed by atoms with Crippen molar-refractivity contribution in [2.45, 2.75) is 19.5 Å². The number of hydrogen-bond donors (Lipinski definition) is 1. The maximum absolute atomic E-state index is 13.7. The monoisotopic (exact) mass is 401 g/mol. The number of halogens is 2. The van der Waals surface area contributed by atoms with E-state index in [1.807, 2.05) is 0 Å². The smallest absolute Gasteiger partial charge is 0.326 e. The third-order valence-electron chi connectivity index (χ3n) is 4.20. The molecule has 0 spiro atoms. The summed E-state index contributed by atoms with van der Waals surface area (Å²) in [4.78, 5) is 40.3. The topological polar surface area (TPSA) is 90.3 Å². The van der Waals surface area contributed by atoms with Crippen molar-refractivity contribution < 1.29 is 23.1 Å². The van der Waals surface area contributed by atoms with Crippen LogP contribution in [-0.4, -0.2) is 28.0 Å². The number of benzene rings is 2. The zero-order valence-corrected chi connectivity index (χ0v) is 15.4. The minimum Gasteiger partial charge on any atom is -0.454 e. The molecule has 1 atom stereocenters. The molecular formula is C20H17F2N3O4. The lowest BCUT2D eigenvalue weighted by Crippen LogP contribution is -2.33. The van der Waals surface area contributed by atoms with Crippen molar-refractivity contribution in [2.75, 3.05) is 6.61 Å².